The second-order valence-electron chi connectivity index (χ2n) is 3.25. The van der Waals surface area contributed by atoms with Crippen LogP contribution in [-0.4, -0.2) is 16.9 Å². The number of ketones is 1. The molecule has 0 aliphatic rings. The molecule has 0 spiro atoms. The van der Waals surface area contributed by atoms with Crippen LogP contribution in [0.15, 0.2) is 41.5 Å². The van der Waals surface area contributed by atoms with Crippen molar-refractivity contribution in [3.63, 3.8) is 0 Å². The lowest BCUT2D eigenvalue weighted by Crippen LogP contribution is -2.07. The quantitative estimate of drug-likeness (QED) is 0.607. The Bertz CT molecular complexity index is 416. The van der Waals surface area contributed by atoms with Gasteiger partial charge in [0, 0.05) is 16.7 Å². The Balaban J connectivity index is 3.07. The van der Waals surface area contributed by atoms with Crippen LogP contribution in [0, 0.1) is 0 Å². The summed E-state index contributed by atoms with van der Waals surface area (Å²) >= 11 is 0. The van der Waals surface area contributed by atoms with Crippen molar-refractivity contribution in [1.82, 2.24) is 0 Å². The zero-order valence-corrected chi connectivity index (χ0v) is 8.65. The third-order valence-corrected chi connectivity index (χ3v) is 2.26. The molecule has 1 aromatic rings. The number of hydrogen-bond acceptors (Lipinski definition) is 2. The number of hydrogen-bond donors (Lipinski definition) is 1. The lowest BCUT2D eigenvalue weighted by atomic mass is 10.0. The Morgan fingerprint density at radius 2 is 1.53 bits per heavy atom. The topological polar surface area (TPSA) is 54.4 Å². The van der Waals surface area contributed by atoms with Crippen LogP contribution in [0.2, 0.25) is 0 Å². The first kappa shape index (κ1) is 11.2. The number of carbonyl (C=O) groups excluding carboxylic acids is 1. The minimum atomic E-state index is -1.06. The largest absolute Gasteiger partial charge is 0.478 e. The summed E-state index contributed by atoms with van der Waals surface area (Å²) in [4.78, 5) is 22.4. The number of carboxylic acids is 1. The van der Waals surface area contributed by atoms with E-state index in [0.717, 1.165) is 0 Å². The highest BCUT2D eigenvalue weighted by Crippen LogP contribution is 2.11. The van der Waals surface area contributed by atoms with E-state index in [4.69, 9.17) is 5.11 Å². The van der Waals surface area contributed by atoms with Crippen LogP contribution in [0.3, 0.4) is 0 Å². The molecule has 1 N–H and O–H groups in total. The summed E-state index contributed by atoms with van der Waals surface area (Å²) in [5.74, 6) is -1.30. The summed E-state index contributed by atoms with van der Waals surface area (Å²) in [6, 6.07) is 8.63. The minimum absolute atomic E-state index is 0.0869. The highest BCUT2D eigenvalue weighted by molar-refractivity contribution is 6.12. The van der Waals surface area contributed by atoms with E-state index in [9.17, 15) is 9.59 Å². The number of carbonyl (C=O) groups is 2. The smallest absolute Gasteiger partial charge is 0.331 e. The predicted octanol–water partition coefficient (Wildman–Crippen LogP) is 2.29. The van der Waals surface area contributed by atoms with E-state index in [0.29, 0.717) is 5.56 Å². The molecule has 0 aliphatic heterocycles. The first-order valence-electron chi connectivity index (χ1n) is 4.54. The Kier molecular flexibility index (Phi) is 3.39. The maximum absolute atomic E-state index is 11.8. The molecule has 0 fully saturated rings. The van der Waals surface area contributed by atoms with Crippen LogP contribution >= 0.6 is 0 Å². The van der Waals surface area contributed by atoms with Gasteiger partial charge in [0.05, 0.1) is 0 Å². The van der Waals surface area contributed by atoms with E-state index in [1.807, 2.05) is 0 Å². The molecular weight excluding hydrogens is 192 g/mol. The van der Waals surface area contributed by atoms with Crippen LogP contribution < -0.4 is 0 Å². The molecule has 0 aromatic heterocycles. The Morgan fingerprint density at radius 1 is 1.00 bits per heavy atom. The molecule has 3 heteroatoms. The molecule has 0 atom stereocenters. The number of carboxylic acid groups (broad SMARTS) is 1. The maximum Gasteiger partial charge on any atom is 0.331 e. The molecular formula is C12H12O3. The van der Waals surface area contributed by atoms with Crippen LogP contribution in [0.1, 0.15) is 24.2 Å². The number of rotatable bonds is 3. The zero-order valence-electron chi connectivity index (χ0n) is 8.65. The highest BCUT2D eigenvalue weighted by Gasteiger charge is 2.13. The summed E-state index contributed by atoms with van der Waals surface area (Å²) in [7, 11) is 0. The summed E-state index contributed by atoms with van der Waals surface area (Å²) < 4.78 is 0. The van der Waals surface area contributed by atoms with Gasteiger partial charge in [0.15, 0.2) is 5.78 Å². The zero-order chi connectivity index (χ0) is 11.4. The molecule has 0 unspecified atom stereocenters. The number of benzene rings is 1. The van der Waals surface area contributed by atoms with Crippen molar-refractivity contribution in [2.45, 2.75) is 13.8 Å². The first-order chi connectivity index (χ1) is 7.04. The van der Waals surface area contributed by atoms with Crippen LogP contribution in [0.25, 0.3) is 0 Å². The lowest BCUT2D eigenvalue weighted by molar-refractivity contribution is -0.132. The standard InChI is InChI=1S/C12H12O3/c1-8(9(2)12(14)15)11(13)10-6-4-3-5-7-10/h3-7H,1-2H3,(H,14,15)/b9-8-. The van der Waals surface area contributed by atoms with Gasteiger partial charge in [-0.15, -0.1) is 0 Å². The Morgan fingerprint density at radius 3 is 2.00 bits per heavy atom. The second-order valence-corrected chi connectivity index (χ2v) is 3.25. The van der Waals surface area contributed by atoms with Crippen LogP contribution in [-0.2, 0) is 4.79 Å². The number of allylic oxidation sites excluding steroid dienone is 1. The average Bonchev–Trinajstić information content (AvgIpc) is 2.27. The summed E-state index contributed by atoms with van der Waals surface area (Å²) in [5.41, 5.74) is 0.869. The van der Waals surface area contributed by atoms with Gasteiger partial charge in [-0.2, -0.15) is 0 Å². The van der Waals surface area contributed by atoms with Crippen LogP contribution in [0.4, 0.5) is 0 Å². The van der Waals surface area contributed by atoms with Crippen molar-refractivity contribution < 1.29 is 14.7 Å². The highest BCUT2D eigenvalue weighted by atomic mass is 16.4. The number of Topliss-reactive ketones (excluding diaryl/α,β-unsaturated/α-hetero) is 1. The van der Waals surface area contributed by atoms with Gasteiger partial charge in [-0.3, -0.25) is 4.79 Å². The monoisotopic (exact) mass is 204 g/mol. The summed E-state index contributed by atoms with van der Waals surface area (Å²) in [6.45, 7) is 2.96. The molecule has 0 aliphatic carbocycles. The summed E-state index contributed by atoms with van der Waals surface area (Å²) in [5, 5.41) is 8.74. The fraction of sp³-hybridized carbons (Fsp3) is 0.167. The number of aliphatic carboxylic acids is 1. The van der Waals surface area contributed by atoms with Gasteiger partial charge >= 0.3 is 5.97 Å². The normalized spacial score (nSPS) is 11.9. The van der Waals surface area contributed by atoms with Gasteiger partial charge in [-0.05, 0) is 13.8 Å². The van der Waals surface area contributed by atoms with Gasteiger partial charge in [0.25, 0.3) is 0 Å². The van der Waals surface area contributed by atoms with Gasteiger partial charge in [-0.25, -0.2) is 4.79 Å². The van der Waals surface area contributed by atoms with E-state index in [-0.39, 0.29) is 16.9 Å². The van der Waals surface area contributed by atoms with Crippen molar-refractivity contribution in [3.8, 4) is 0 Å². The van der Waals surface area contributed by atoms with Crippen LogP contribution in [0.5, 0.6) is 0 Å². The molecule has 0 radical (unpaired) electrons. The predicted molar refractivity (Wildman–Crippen MR) is 56.8 cm³/mol. The van der Waals surface area contributed by atoms with Crippen molar-refractivity contribution in [2.75, 3.05) is 0 Å². The third kappa shape index (κ3) is 2.53. The van der Waals surface area contributed by atoms with E-state index >= 15 is 0 Å². The van der Waals surface area contributed by atoms with E-state index in [2.05, 4.69) is 0 Å². The molecule has 15 heavy (non-hydrogen) atoms. The van der Waals surface area contributed by atoms with E-state index < -0.39 is 5.97 Å². The molecule has 78 valence electrons. The van der Waals surface area contributed by atoms with Crippen molar-refractivity contribution >= 4 is 11.8 Å². The molecule has 0 amide bonds. The van der Waals surface area contributed by atoms with E-state index in [1.54, 1.807) is 30.3 Å². The molecule has 0 heterocycles. The first-order valence-corrected chi connectivity index (χ1v) is 4.54. The van der Waals surface area contributed by atoms with Crippen molar-refractivity contribution in [1.29, 1.82) is 0 Å². The summed E-state index contributed by atoms with van der Waals surface area (Å²) in [6.07, 6.45) is 0. The molecule has 1 rings (SSSR count). The molecule has 0 saturated heterocycles. The maximum atomic E-state index is 11.8. The van der Waals surface area contributed by atoms with Gasteiger partial charge in [-0.1, -0.05) is 30.3 Å². The average molecular weight is 204 g/mol. The lowest BCUT2D eigenvalue weighted by Gasteiger charge is -2.03. The fourth-order valence-electron chi connectivity index (χ4n) is 1.14. The Hall–Kier alpha value is -1.90. The van der Waals surface area contributed by atoms with Gasteiger partial charge in [0.1, 0.15) is 0 Å². The minimum Gasteiger partial charge on any atom is -0.478 e. The molecule has 0 saturated carbocycles. The molecule has 3 nitrogen and oxygen atoms in total. The van der Waals surface area contributed by atoms with Gasteiger partial charge < -0.3 is 5.11 Å². The molecule has 0 bridgehead atoms. The van der Waals surface area contributed by atoms with Crippen molar-refractivity contribution in [2.24, 2.45) is 0 Å². The van der Waals surface area contributed by atoms with E-state index in [1.165, 1.54) is 13.8 Å². The third-order valence-electron chi connectivity index (χ3n) is 2.26. The molecule has 1 aromatic carbocycles. The second kappa shape index (κ2) is 4.55. The van der Waals surface area contributed by atoms with Gasteiger partial charge in [0.2, 0.25) is 0 Å². The fourth-order valence-corrected chi connectivity index (χ4v) is 1.14. The SMILES string of the molecule is C/C(C(=O)O)=C(\C)C(=O)c1ccccc1. The Labute approximate surface area is 88.0 Å². The van der Waals surface area contributed by atoms with Crippen molar-refractivity contribution in [3.05, 3.63) is 47.0 Å².